The first-order chi connectivity index (χ1) is 7.22. The Hall–Kier alpha value is 0. The molecule has 0 saturated heterocycles. The lowest BCUT2D eigenvalue weighted by molar-refractivity contribution is 0.308. The summed E-state index contributed by atoms with van der Waals surface area (Å²) in [5.74, 6) is 6.58. The quantitative estimate of drug-likeness (QED) is 0.547. The van der Waals surface area contributed by atoms with E-state index in [0.29, 0.717) is 0 Å². The molecule has 0 aliphatic heterocycles. The van der Waals surface area contributed by atoms with E-state index in [1.54, 1.807) is 44.9 Å². The van der Waals surface area contributed by atoms with Gasteiger partial charge in [0.1, 0.15) is 0 Å². The van der Waals surface area contributed by atoms with Gasteiger partial charge in [0.15, 0.2) is 0 Å². The minimum absolute atomic E-state index is 1.04. The van der Waals surface area contributed by atoms with E-state index in [1.807, 2.05) is 0 Å². The van der Waals surface area contributed by atoms with E-state index in [0.717, 1.165) is 35.5 Å². The van der Waals surface area contributed by atoms with Crippen molar-refractivity contribution in [2.75, 3.05) is 0 Å². The Morgan fingerprint density at radius 2 is 0.933 bits per heavy atom. The molecule has 15 heavy (non-hydrogen) atoms. The predicted molar refractivity (Wildman–Crippen MR) is 64.6 cm³/mol. The summed E-state index contributed by atoms with van der Waals surface area (Å²) >= 11 is 0. The number of hydrogen-bond acceptors (Lipinski definition) is 0. The lowest BCUT2D eigenvalue weighted by Gasteiger charge is -2.19. The van der Waals surface area contributed by atoms with Gasteiger partial charge in [-0.2, -0.15) is 0 Å². The Bertz CT molecular complexity index is 208. The maximum atomic E-state index is 2.48. The molecule has 3 saturated carbocycles. The Labute approximate surface area is 94.8 Å². The minimum Gasteiger partial charge on any atom is -0.0625 e. The van der Waals surface area contributed by atoms with Crippen LogP contribution in [0.2, 0.25) is 0 Å². The largest absolute Gasteiger partial charge is 0.0625 e. The molecule has 6 unspecified atom stereocenters. The average Bonchev–Trinajstić information content (AvgIpc) is 2.65. The summed E-state index contributed by atoms with van der Waals surface area (Å²) in [6.07, 6.45) is 11.0. The van der Waals surface area contributed by atoms with E-state index in [4.69, 9.17) is 0 Å². The number of fused-ring (bicyclic) bond motifs is 2. The molecular formula is C15H26. The summed E-state index contributed by atoms with van der Waals surface area (Å²) in [6, 6.07) is 0. The third-order valence-electron chi connectivity index (χ3n) is 5.67. The van der Waals surface area contributed by atoms with Crippen LogP contribution in [0.25, 0.3) is 0 Å². The zero-order valence-corrected chi connectivity index (χ0v) is 10.4. The van der Waals surface area contributed by atoms with E-state index < -0.39 is 0 Å². The molecule has 0 spiro atoms. The highest BCUT2D eigenvalue weighted by Crippen LogP contribution is 2.52. The second-order valence-corrected chi connectivity index (χ2v) is 7.01. The first kappa shape index (κ1) is 10.2. The van der Waals surface area contributed by atoms with Crippen molar-refractivity contribution in [3.8, 4) is 0 Å². The van der Waals surface area contributed by atoms with Gasteiger partial charge in [-0.3, -0.25) is 0 Å². The van der Waals surface area contributed by atoms with Crippen LogP contribution in [-0.2, 0) is 0 Å². The van der Waals surface area contributed by atoms with E-state index in [9.17, 15) is 0 Å². The average molecular weight is 206 g/mol. The van der Waals surface area contributed by atoms with Crippen LogP contribution in [-0.4, -0.2) is 0 Å². The third-order valence-corrected chi connectivity index (χ3v) is 5.67. The van der Waals surface area contributed by atoms with E-state index in [2.05, 4.69) is 13.8 Å². The topological polar surface area (TPSA) is 0 Å². The van der Waals surface area contributed by atoms with Crippen molar-refractivity contribution in [1.29, 1.82) is 0 Å². The van der Waals surface area contributed by atoms with Crippen LogP contribution in [0.1, 0.15) is 58.8 Å². The Morgan fingerprint density at radius 1 is 0.533 bits per heavy atom. The molecule has 3 fully saturated rings. The van der Waals surface area contributed by atoms with Gasteiger partial charge in [-0.25, -0.2) is 0 Å². The standard InChI is InChI=1S/C15H26/c1-10-5-12-3-4-13-6-11(2)8-15(13)9-14(12)7-10/h10-15H,3-9H2,1-2H3. The van der Waals surface area contributed by atoms with Crippen LogP contribution >= 0.6 is 0 Å². The molecule has 0 heterocycles. The fourth-order valence-corrected chi connectivity index (χ4v) is 5.13. The molecule has 0 amide bonds. The molecule has 3 aliphatic carbocycles. The van der Waals surface area contributed by atoms with Crippen molar-refractivity contribution in [3.63, 3.8) is 0 Å². The monoisotopic (exact) mass is 206 g/mol. The van der Waals surface area contributed by atoms with Gasteiger partial charge in [-0.05, 0) is 80.5 Å². The van der Waals surface area contributed by atoms with E-state index in [1.165, 1.54) is 0 Å². The molecule has 0 aromatic heterocycles. The zero-order chi connectivity index (χ0) is 10.4. The molecule has 0 N–H and O–H groups in total. The molecule has 3 rings (SSSR count). The Balaban J connectivity index is 1.70. The second-order valence-electron chi connectivity index (χ2n) is 7.01. The maximum absolute atomic E-state index is 2.48. The Kier molecular flexibility index (Phi) is 2.57. The van der Waals surface area contributed by atoms with Crippen molar-refractivity contribution in [1.82, 2.24) is 0 Å². The first-order valence-electron chi connectivity index (χ1n) is 7.22. The molecular weight excluding hydrogens is 180 g/mol. The summed E-state index contributed by atoms with van der Waals surface area (Å²) in [5.41, 5.74) is 0. The van der Waals surface area contributed by atoms with Gasteiger partial charge < -0.3 is 0 Å². The minimum atomic E-state index is 1.04. The lowest BCUT2D eigenvalue weighted by atomic mass is 9.86. The van der Waals surface area contributed by atoms with Crippen molar-refractivity contribution in [2.45, 2.75) is 58.8 Å². The first-order valence-corrected chi connectivity index (χ1v) is 7.22. The highest BCUT2D eigenvalue weighted by atomic mass is 14.5. The molecule has 3 aliphatic rings. The van der Waals surface area contributed by atoms with Gasteiger partial charge in [0.05, 0.1) is 0 Å². The summed E-state index contributed by atoms with van der Waals surface area (Å²) < 4.78 is 0. The number of hydrogen-bond donors (Lipinski definition) is 0. The van der Waals surface area contributed by atoms with Crippen molar-refractivity contribution < 1.29 is 0 Å². The summed E-state index contributed by atoms with van der Waals surface area (Å²) in [4.78, 5) is 0. The predicted octanol–water partition coefficient (Wildman–Crippen LogP) is 4.49. The lowest BCUT2D eigenvalue weighted by Crippen LogP contribution is -2.10. The highest BCUT2D eigenvalue weighted by Gasteiger charge is 2.41. The molecule has 86 valence electrons. The van der Waals surface area contributed by atoms with Crippen LogP contribution in [0.3, 0.4) is 0 Å². The van der Waals surface area contributed by atoms with Gasteiger partial charge in [0.2, 0.25) is 0 Å². The molecule has 0 heteroatoms. The molecule has 0 aromatic carbocycles. The van der Waals surface area contributed by atoms with E-state index in [-0.39, 0.29) is 0 Å². The smallest absolute Gasteiger partial charge is 0.0380 e. The van der Waals surface area contributed by atoms with Crippen LogP contribution in [0.4, 0.5) is 0 Å². The van der Waals surface area contributed by atoms with Gasteiger partial charge in [0, 0.05) is 0 Å². The molecule has 6 atom stereocenters. The van der Waals surface area contributed by atoms with Gasteiger partial charge in [-0.1, -0.05) is 13.8 Å². The molecule has 0 aromatic rings. The third kappa shape index (κ3) is 1.85. The highest BCUT2D eigenvalue weighted by molar-refractivity contribution is 4.92. The fourth-order valence-electron chi connectivity index (χ4n) is 5.13. The number of rotatable bonds is 0. The van der Waals surface area contributed by atoms with Gasteiger partial charge >= 0.3 is 0 Å². The van der Waals surface area contributed by atoms with Crippen LogP contribution < -0.4 is 0 Å². The van der Waals surface area contributed by atoms with E-state index >= 15 is 0 Å². The normalized spacial score (nSPS) is 54.8. The maximum Gasteiger partial charge on any atom is -0.0380 e. The molecule has 0 radical (unpaired) electrons. The SMILES string of the molecule is CC1CC2CCC3CC(C)CC3CC2C1. The summed E-state index contributed by atoms with van der Waals surface area (Å²) in [7, 11) is 0. The van der Waals surface area contributed by atoms with Crippen molar-refractivity contribution in [3.05, 3.63) is 0 Å². The van der Waals surface area contributed by atoms with Crippen LogP contribution in [0.5, 0.6) is 0 Å². The second kappa shape index (κ2) is 3.79. The zero-order valence-electron chi connectivity index (χ0n) is 10.4. The van der Waals surface area contributed by atoms with Crippen LogP contribution in [0.15, 0.2) is 0 Å². The molecule has 0 nitrogen and oxygen atoms in total. The van der Waals surface area contributed by atoms with Gasteiger partial charge in [0.25, 0.3) is 0 Å². The Morgan fingerprint density at radius 3 is 1.40 bits per heavy atom. The van der Waals surface area contributed by atoms with Crippen molar-refractivity contribution >= 4 is 0 Å². The van der Waals surface area contributed by atoms with Gasteiger partial charge in [-0.15, -0.1) is 0 Å². The van der Waals surface area contributed by atoms with Crippen molar-refractivity contribution in [2.24, 2.45) is 35.5 Å². The molecule has 0 bridgehead atoms. The van der Waals surface area contributed by atoms with Crippen LogP contribution in [0, 0.1) is 35.5 Å². The summed E-state index contributed by atoms with van der Waals surface area (Å²) in [5, 5.41) is 0. The fraction of sp³-hybridized carbons (Fsp3) is 1.00. The summed E-state index contributed by atoms with van der Waals surface area (Å²) in [6.45, 7) is 4.95.